The molecule has 0 heterocycles. The molecular formula is C27H44O. The summed E-state index contributed by atoms with van der Waals surface area (Å²) in [5.41, 5.74) is 4.72. The first-order valence-corrected chi connectivity index (χ1v) is 12.1. The second-order valence-corrected chi connectivity index (χ2v) is 10.8. The highest BCUT2D eigenvalue weighted by Gasteiger charge is 2.50. The van der Waals surface area contributed by atoms with E-state index in [2.05, 4.69) is 46.4 Å². The Hall–Kier alpha value is -0.820. The van der Waals surface area contributed by atoms with Crippen LogP contribution in [0.5, 0.6) is 0 Å². The van der Waals surface area contributed by atoms with Gasteiger partial charge in [0.2, 0.25) is 0 Å². The Labute approximate surface area is 174 Å². The highest BCUT2D eigenvalue weighted by molar-refractivity contribution is 5.36. The summed E-state index contributed by atoms with van der Waals surface area (Å²) < 4.78 is 0. The number of hydrogen-bond acceptors (Lipinski definition) is 1. The highest BCUT2D eigenvalue weighted by Crippen LogP contribution is 2.59. The van der Waals surface area contributed by atoms with Crippen molar-refractivity contribution in [3.8, 4) is 0 Å². The van der Waals surface area contributed by atoms with E-state index in [-0.39, 0.29) is 6.10 Å². The van der Waals surface area contributed by atoms with Gasteiger partial charge in [-0.05, 0) is 86.0 Å². The van der Waals surface area contributed by atoms with Crippen molar-refractivity contribution in [3.63, 3.8) is 0 Å². The van der Waals surface area contributed by atoms with Gasteiger partial charge in [0.05, 0.1) is 6.10 Å². The van der Waals surface area contributed by atoms with Crippen molar-refractivity contribution in [1.82, 2.24) is 0 Å². The molecule has 1 N–H and O–H groups in total. The van der Waals surface area contributed by atoms with Gasteiger partial charge in [0.25, 0.3) is 0 Å². The minimum absolute atomic E-state index is 0.172. The Kier molecular flexibility index (Phi) is 7.29. The van der Waals surface area contributed by atoms with Gasteiger partial charge in [-0.25, -0.2) is 0 Å². The third-order valence-electron chi connectivity index (χ3n) is 8.35. The standard InChI is InChI=1S/C27H44O/c1-19(2)8-6-9-21(4)25-15-16-26-22(10-7-17-27(25,26)5)12-13-23-18-24(28)14-11-20(23)3/h12-13,19,21,24-26,28H,3,6-11,14-18H2,1-2,4-5H3/b22-12+,23-13+/t21-,24+,25-,26-,27+/m1/s1. The first-order chi connectivity index (χ1) is 13.3. The van der Waals surface area contributed by atoms with E-state index >= 15 is 0 Å². The van der Waals surface area contributed by atoms with Crippen LogP contribution in [0.1, 0.15) is 98.3 Å². The molecular weight excluding hydrogens is 340 g/mol. The average molecular weight is 385 g/mol. The normalized spacial score (nSPS) is 37.6. The highest BCUT2D eigenvalue weighted by atomic mass is 16.3. The molecule has 0 saturated heterocycles. The Morgan fingerprint density at radius 2 is 1.89 bits per heavy atom. The van der Waals surface area contributed by atoms with Crippen molar-refractivity contribution < 1.29 is 5.11 Å². The van der Waals surface area contributed by atoms with E-state index in [1.807, 2.05) is 0 Å². The van der Waals surface area contributed by atoms with Crippen LogP contribution in [0, 0.1) is 29.1 Å². The van der Waals surface area contributed by atoms with Gasteiger partial charge < -0.3 is 5.11 Å². The number of aliphatic hydroxyl groups excluding tert-OH is 1. The van der Waals surface area contributed by atoms with Gasteiger partial charge in [0.1, 0.15) is 0 Å². The van der Waals surface area contributed by atoms with Gasteiger partial charge >= 0.3 is 0 Å². The molecule has 3 aliphatic carbocycles. The summed E-state index contributed by atoms with van der Waals surface area (Å²) in [5.74, 6) is 3.37. The van der Waals surface area contributed by atoms with Crippen LogP contribution in [0.25, 0.3) is 0 Å². The third kappa shape index (κ3) is 4.84. The van der Waals surface area contributed by atoms with Crippen molar-refractivity contribution in [1.29, 1.82) is 0 Å². The third-order valence-corrected chi connectivity index (χ3v) is 8.35. The zero-order valence-electron chi connectivity index (χ0n) is 19.0. The molecule has 158 valence electrons. The predicted molar refractivity (Wildman–Crippen MR) is 121 cm³/mol. The Morgan fingerprint density at radius 1 is 1.11 bits per heavy atom. The monoisotopic (exact) mass is 384 g/mol. The molecule has 0 radical (unpaired) electrons. The molecule has 0 aliphatic heterocycles. The van der Waals surface area contributed by atoms with Crippen LogP contribution in [0.3, 0.4) is 0 Å². The van der Waals surface area contributed by atoms with Crippen LogP contribution in [0.2, 0.25) is 0 Å². The van der Waals surface area contributed by atoms with Crippen LogP contribution in [0.15, 0.2) is 35.5 Å². The summed E-state index contributed by atoms with van der Waals surface area (Å²) in [5, 5.41) is 10.0. The summed E-state index contributed by atoms with van der Waals surface area (Å²) in [6.45, 7) is 14.1. The summed E-state index contributed by atoms with van der Waals surface area (Å²) >= 11 is 0. The molecule has 3 saturated carbocycles. The fraction of sp³-hybridized carbons (Fsp3) is 0.778. The summed E-state index contributed by atoms with van der Waals surface area (Å²) in [4.78, 5) is 0. The van der Waals surface area contributed by atoms with Crippen molar-refractivity contribution in [3.05, 3.63) is 35.5 Å². The SMILES string of the molecule is C=C1CC[C@H](O)C/C1=C\C=C1/CCC[C@]2(C)[C@@H]1CC[C@@H]2[C@H](C)CCCC(C)C. The second-order valence-electron chi connectivity index (χ2n) is 10.8. The first-order valence-electron chi connectivity index (χ1n) is 12.1. The number of aliphatic hydroxyl groups is 1. The van der Waals surface area contributed by atoms with Gasteiger partial charge in [-0.1, -0.05) is 76.8 Å². The molecule has 5 atom stereocenters. The Balaban J connectivity index is 1.70. The average Bonchev–Trinajstić information content (AvgIpc) is 2.99. The van der Waals surface area contributed by atoms with Crippen molar-refractivity contribution in [2.75, 3.05) is 0 Å². The van der Waals surface area contributed by atoms with E-state index in [1.165, 1.54) is 62.5 Å². The van der Waals surface area contributed by atoms with Crippen molar-refractivity contribution >= 4 is 0 Å². The fourth-order valence-corrected chi connectivity index (χ4v) is 6.66. The maximum absolute atomic E-state index is 10.0. The topological polar surface area (TPSA) is 20.2 Å². The molecule has 1 heteroatoms. The largest absolute Gasteiger partial charge is 0.393 e. The molecule has 0 amide bonds. The van der Waals surface area contributed by atoms with Crippen LogP contribution in [0.4, 0.5) is 0 Å². The number of rotatable bonds is 6. The van der Waals surface area contributed by atoms with E-state index in [4.69, 9.17) is 0 Å². The zero-order valence-corrected chi connectivity index (χ0v) is 19.0. The van der Waals surface area contributed by atoms with E-state index < -0.39 is 0 Å². The molecule has 0 aromatic carbocycles. The second kappa shape index (κ2) is 9.33. The zero-order chi connectivity index (χ0) is 20.3. The first kappa shape index (κ1) is 21.9. The summed E-state index contributed by atoms with van der Waals surface area (Å²) in [7, 11) is 0. The lowest BCUT2D eigenvalue weighted by molar-refractivity contribution is 0.0929. The molecule has 3 aliphatic rings. The van der Waals surface area contributed by atoms with Crippen LogP contribution in [-0.4, -0.2) is 11.2 Å². The molecule has 0 unspecified atom stereocenters. The van der Waals surface area contributed by atoms with E-state index in [0.29, 0.717) is 5.41 Å². The minimum atomic E-state index is -0.172. The van der Waals surface area contributed by atoms with Gasteiger partial charge in [0.15, 0.2) is 0 Å². The molecule has 28 heavy (non-hydrogen) atoms. The van der Waals surface area contributed by atoms with E-state index in [0.717, 1.165) is 42.9 Å². The maximum atomic E-state index is 10.0. The molecule has 1 nitrogen and oxygen atoms in total. The fourth-order valence-electron chi connectivity index (χ4n) is 6.66. The number of allylic oxidation sites excluding steroid dienone is 4. The smallest absolute Gasteiger partial charge is 0.0583 e. The van der Waals surface area contributed by atoms with Crippen LogP contribution >= 0.6 is 0 Å². The van der Waals surface area contributed by atoms with Gasteiger partial charge in [0, 0.05) is 0 Å². The van der Waals surface area contributed by atoms with Gasteiger partial charge in [-0.15, -0.1) is 0 Å². The van der Waals surface area contributed by atoms with Crippen LogP contribution < -0.4 is 0 Å². The number of hydrogen-bond donors (Lipinski definition) is 1. The molecule has 0 bridgehead atoms. The van der Waals surface area contributed by atoms with Crippen molar-refractivity contribution in [2.45, 2.75) is 104 Å². The summed E-state index contributed by atoms with van der Waals surface area (Å²) in [6, 6.07) is 0. The maximum Gasteiger partial charge on any atom is 0.0583 e. The molecule has 3 rings (SSSR count). The van der Waals surface area contributed by atoms with E-state index in [1.54, 1.807) is 5.57 Å². The molecule has 0 spiro atoms. The summed E-state index contributed by atoms with van der Waals surface area (Å²) in [6.07, 6.45) is 18.2. The quantitative estimate of drug-likeness (QED) is 0.499. The predicted octanol–water partition coefficient (Wildman–Crippen LogP) is 7.62. The lowest BCUT2D eigenvalue weighted by atomic mass is 9.60. The molecule has 0 aromatic rings. The van der Waals surface area contributed by atoms with Gasteiger partial charge in [-0.2, -0.15) is 0 Å². The molecule has 0 aromatic heterocycles. The van der Waals surface area contributed by atoms with Crippen molar-refractivity contribution in [2.24, 2.45) is 29.1 Å². The molecule has 3 fully saturated rings. The number of fused-ring (bicyclic) bond motifs is 1. The minimum Gasteiger partial charge on any atom is -0.393 e. The Bertz CT molecular complexity index is 610. The lowest BCUT2D eigenvalue weighted by Gasteiger charge is -2.44. The van der Waals surface area contributed by atoms with E-state index in [9.17, 15) is 5.11 Å². The van der Waals surface area contributed by atoms with Crippen LogP contribution in [-0.2, 0) is 0 Å². The lowest BCUT2D eigenvalue weighted by Crippen LogP contribution is -2.36. The Morgan fingerprint density at radius 3 is 2.64 bits per heavy atom. The van der Waals surface area contributed by atoms with Gasteiger partial charge in [-0.3, -0.25) is 0 Å².